The molecule has 0 spiro atoms. The van der Waals surface area contributed by atoms with Crippen molar-refractivity contribution >= 4 is 28.3 Å². The van der Waals surface area contributed by atoms with Crippen molar-refractivity contribution in [3.05, 3.63) is 82.1 Å². The minimum absolute atomic E-state index is 0.178. The molecule has 2 amide bonds. The standard InChI is InChI=1S/C20H15F4N3O2S/c21-16-7-2-1-6-15(16)18(29)25-11-17(28)27-19-26-10-14(30-19)9-12-4-3-5-13(8-12)20(22,23)24/h1-8,10H,9,11H2,(H,25,29)(H,26,27,28). The Balaban J connectivity index is 1.55. The smallest absolute Gasteiger partial charge is 0.343 e. The van der Waals surface area contributed by atoms with E-state index in [1.54, 1.807) is 6.07 Å². The lowest BCUT2D eigenvalue weighted by molar-refractivity contribution is -0.137. The second-order valence-electron chi connectivity index (χ2n) is 6.22. The minimum Gasteiger partial charge on any atom is -0.343 e. The molecule has 156 valence electrons. The summed E-state index contributed by atoms with van der Waals surface area (Å²) in [5, 5.41) is 5.03. The Morgan fingerprint density at radius 1 is 1.07 bits per heavy atom. The van der Waals surface area contributed by atoms with Crippen molar-refractivity contribution in [2.45, 2.75) is 12.6 Å². The number of nitrogens with one attached hydrogen (secondary N) is 2. The third kappa shape index (κ3) is 5.63. The third-order valence-electron chi connectivity index (χ3n) is 3.96. The Hall–Kier alpha value is -3.27. The molecule has 2 aromatic carbocycles. The van der Waals surface area contributed by atoms with Gasteiger partial charge in [-0.25, -0.2) is 9.37 Å². The van der Waals surface area contributed by atoms with Gasteiger partial charge in [-0.05, 0) is 23.8 Å². The van der Waals surface area contributed by atoms with Gasteiger partial charge in [-0.15, -0.1) is 11.3 Å². The Morgan fingerprint density at radius 2 is 1.83 bits per heavy atom. The van der Waals surface area contributed by atoms with E-state index in [0.29, 0.717) is 10.4 Å². The zero-order valence-corrected chi connectivity index (χ0v) is 16.1. The molecule has 0 aliphatic rings. The number of hydrogen-bond acceptors (Lipinski definition) is 4. The zero-order valence-electron chi connectivity index (χ0n) is 15.3. The highest BCUT2D eigenvalue weighted by Gasteiger charge is 2.30. The molecule has 0 aliphatic heterocycles. The SMILES string of the molecule is O=C(CNC(=O)c1ccccc1F)Nc1ncc(Cc2cccc(C(F)(F)F)c2)s1. The second-order valence-corrected chi connectivity index (χ2v) is 7.33. The van der Waals surface area contributed by atoms with Gasteiger partial charge in [0.05, 0.1) is 17.7 Å². The fraction of sp³-hybridized carbons (Fsp3) is 0.150. The van der Waals surface area contributed by atoms with Crippen molar-refractivity contribution < 1.29 is 27.2 Å². The molecule has 5 nitrogen and oxygen atoms in total. The summed E-state index contributed by atoms with van der Waals surface area (Å²) in [5.74, 6) is -2.00. The topological polar surface area (TPSA) is 71.1 Å². The summed E-state index contributed by atoms with van der Waals surface area (Å²) in [6, 6.07) is 10.3. The van der Waals surface area contributed by atoms with Crippen molar-refractivity contribution in [3.63, 3.8) is 0 Å². The van der Waals surface area contributed by atoms with E-state index in [-0.39, 0.29) is 17.1 Å². The van der Waals surface area contributed by atoms with Crippen molar-refractivity contribution in [1.82, 2.24) is 10.3 Å². The predicted molar refractivity (Wildman–Crippen MR) is 104 cm³/mol. The number of aromatic nitrogens is 1. The monoisotopic (exact) mass is 437 g/mol. The maximum atomic E-state index is 13.6. The number of carbonyl (C=O) groups excluding carboxylic acids is 2. The predicted octanol–water partition coefficient (Wildman–Crippen LogP) is 4.26. The van der Waals surface area contributed by atoms with E-state index in [1.807, 2.05) is 0 Å². The second kappa shape index (κ2) is 9.04. The molecule has 0 saturated heterocycles. The maximum Gasteiger partial charge on any atom is 0.416 e. The first-order valence-corrected chi connectivity index (χ1v) is 9.47. The van der Waals surface area contributed by atoms with Crippen molar-refractivity contribution in [1.29, 1.82) is 0 Å². The van der Waals surface area contributed by atoms with Crippen LogP contribution < -0.4 is 10.6 Å². The summed E-state index contributed by atoms with van der Waals surface area (Å²) in [5.41, 5.74) is -0.449. The average molecular weight is 437 g/mol. The Morgan fingerprint density at radius 3 is 2.57 bits per heavy atom. The number of anilines is 1. The molecule has 0 radical (unpaired) electrons. The summed E-state index contributed by atoms with van der Waals surface area (Å²) in [6.45, 7) is -0.393. The summed E-state index contributed by atoms with van der Waals surface area (Å²) in [6.07, 6.45) is -2.74. The summed E-state index contributed by atoms with van der Waals surface area (Å²) in [7, 11) is 0. The number of carbonyl (C=O) groups is 2. The number of halogens is 4. The van der Waals surface area contributed by atoms with Crippen LogP contribution in [0, 0.1) is 5.82 Å². The fourth-order valence-electron chi connectivity index (χ4n) is 2.57. The summed E-state index contributed by atoms with van der Waals surface area (Å²) in [4.78, 5) is 28.5. The van der Waals surface area contributed by atoms with E-state index in [1.165, 1.54) is 30.5 Å². The van der Waals surface area contributed by atoms with Crippen LogP contribution in [0.3, 0.4) is 0 Å². The average Bonchev–Trinajstić information content (AvgIpc) is 3.12. The number of alkyl halides is 3. The van der Waals surface area contributed by atoms with Crippen LogP contribution >= 0.6 is 11.3 Å². The van der Waals surface area contributed by atoms with Crippen LogP contribution in [0.15, 0.2) is 54.7 Å². The molecule has 10 heteroatoms. The van der Waals surface area contributed by atoms with Gasteiger partial charge in [0.1, 0.15) is 5.82 Å². The highest BCUT2D eigenvalue weighted by molar-refractivity contribution is 7.15. The molecule has 1 heterocycles. The van der Waals surface area contributed by atoms with E-state index in [2.05, 4.69) is 15.6 Å². The minimum atomic E-state index is -4.42. The van der Waals surface area contributed by atoms with Gasteiger partial charge in [0, 0.05) is 17.5 Å². The van der Waals surface area contributed by atoms with Crippen molar-refractivity contribution in [2.75, 3.05) is 11.9 Å². The Bertz CT molecular complexity index is 1070. The zero-order chi connectivity index (χ0) is 21.7. The van der Waals surface area contributed by atoms with Gasteiger partial charge in [0.15, 0.2) is 5.13 Å². The first-order valence-electron chi connectivity index (χ1n) is 8.66. The molecule has 1 aromatic heterocycles. The number of benzene rings is 2. The molecule has 0 saturated carbocycles. The summed E-state index contributed by atoms with van der Waals surface area (Å²) >= 11 is 1.11. The molecule has 3 aromatic rings. The van der Waals surface area contributed by atoms with Gasteiger partial charge in [0.25, 0.3) is 5.91 Å². The number of thiazole rings is 1. The molecule has 3 rings (SSSR count). The van der Waals surface area contributed by atoms with Gasteiger partial charge in [-0.2, -0.15) is 13.2 Å². The van der Waals surface area contributed by atoms with Gasteiger partial charge < -0.3 is 10.6 Å². The molecule has 0 bridgehead atoms. The largest absolute Gasteiger partial charge is 0.416 e. The van der Waals surface area contributed by atoms with Crippen LogP contribution in [0.2, 0.25) is 0 Å². The van der Waals surface area contributed by atoms with Crippen LogP contribution in [0.4, 0.5) is 22.7 Å². The van der Waals surface area contributed by atoms with Crippen molar-refractivity contribution in [3.8, 4) is 0 Å². The lowest BCUT2D eigenvalue weighted by Gasteiger charge is -2.08. The van der Waals surface area contributed by atoms with E-state index in [0.717, 1.165) is 29.5 Å². The van der Waals surface area contributed by atoms with E-state index < -0.39 is 35.9 Å². The third-order valence-corrected chi connectivity index (χ3v) is 4.87. The Labute approximate surface area is 172 Å². The maximum absolute atomic E-state index is 13.6. The molecular weight excluding hydrogens is 422 g/mol. The van der Waals surface area contributed by atoms with Crippen LogP contribution in [0.25, 0.3) is 0 Å². The lowest BCUT2D eigenvalue weighted by atomic mass is 10.1. The normalized spacial score (nSPS) is 11.2. The van der Waals surface area contributed by atoms with Gasteiger partial charge in [-0.1, -0.05) is 30.3 Å². The molecular formula is C20H15F4N3O2S. The molecule has 0 unspecified atom stereocenters. The molecule has 0 fully saturated rings. The number of rotatable bonds is 6. The van der Waals surface area contributed by atoms with Crippen LogP contribution in [-0.4, -0.2) is 23.3 Å². The van der Waals surface area contributed by atoms with E-state index in [4.69, 9.17) is 0 Å². The molecule has 30 heavy (non-hydrogen) atoms. The molecule has 2 N–H and O–H groups in total. The highest BCUT2D eigenvalue weighted by atomic mass is 32.1. The first kappa shape index (κ1) is 21.4. The molecule has 0 aliphatic carbocycles. The number of nitrogens with zero attached hydrogens (tertiary/aromatic N) is 1. The van der Waals surface area contributed by atoms with E-state index >= 15 is 0 Å². The number of hydrogen-bond donors (Lipinski definition) is 2. The van der Waals surface area contributed by atoms with Crippen LogP contribution in [0.5, 0.6) is 0 Å². The van der Waals surface area contributed by atoms with Gasteiger partial charge in [-0.3, -0.25) is 9.59 Å². The van der Waals surface area contributed by atoms with E-state index in [9.17, 15) is 27.2 Å². The van der Waals surface area contributed by atoms with Crippen molar-refractivity contribution in [2.24, 2.45) is 0 Å². The number of amides is 2. The lowest BCUT2D eigenvalue weighted by Crippen LogP contribution is -2.33. The quantitative estimate of drug-likeness (QED) is 0.566. The van der Waals surface area contributed by atoms with Crippen LogP contribution in [-0.2, 0) is 17.4 Å². The highest BCUT2D eigenvalue weighted by Crippen LogP contribution is 2.30. The van der Waals surface area contributed by atoms with Gasteiger partial charge >= 0.3 is 6.18 Å². The van der Waals surface area contributed by atoms with Gasteiger partial charge in [0.2, 0.25) is 5.91 Å². The fourth-order valence-corrected chi connectivity index (χ4v) is 3.43. The summed E-state index contributed by atoms with van der Waals surface area (Å²) < 4.78 is 52.0. The Kier molecular flexibility index (Phi) is 6.46. The molecule has 0 atom stereocenters. The first-order chi connectivity index (χ1) is 14.2. The van der Waals surface area contributed by atoms with Crippen LogP contribution in [0.1, 0.15) is 26.4 Å².